The highest BCUT2D eigenvalue weighted by Crippen LogP contribution is 2.07. The van der Waals surface area contributed by atoms with Crippen molar-refractivity contribution in [2.45, 2.75) is 33.2 Å². The third-order valence-corrected chi connectivity index (χ3v) is 2.88. The van der Waals surface area contributed by atoms with Crippen molar-refractivity contribution in [2.75, 3.05) is 26.3 Å². The monoisotopic (exact) mass is 268 g/mol. The fourth-order valence-corrected chi connectivity index (χ4v) is 1.75. The van der Waals surface area contributed by atoms with Crippen LogP contribution in [0.3, 0.4) is 0 Å². The van der Waals surface area contributed by atoms with Crippen LogP contribution < -0.4 is 11.1 Å². The van der Waals surface area contributed by atoms with Gasteiger partial charge in [0.25, 0.3) is 5.91 Å². The van der Waals surface area contributed by atoms with Crippen LogP contribution in [-0.4, -0.2) is 42.0 Å². The lowest BCUT2D eigenvalue weighted by Gasteiger charge is -2.06. The molecule has 1 aromatic rings. The molecule has 1 amide bonds. The number of hydrogen-bond donors (Lipinski definition) is 2. The zero-order valence-corrected chi connectivity index (χ0v) is 11.8. The number of nitrogens with zero attached hydrogens (tertiary/aromatic N) is 2. The van der Waals surface area contributed by atoms with E-state index >= 15 is 0 Å². The predicted molar refractivity (Wildman–Crippen MR) is 74.1 cm³/mol. The molecule has 0 bridgehead atoms. The maximum absolute atomic E-state index is 12.0. The summed E-state index contributed by atoms with van der Waals surface area (Å²) in [6.07, 6.45) is 3.29. The Labute approximate surface area is 114 Å². The Balaban J connectivity index is 2.41. The van der Waals surface area contributed by atoms with Crippen LogP contribution in [0.4, 0.5) is 0 Å². The maximum Gasteiger partial charge on any atom is 0.254 e. The van der Waals surface area contributed by atoms with E-state index in [2.05, 4.69) is 10.4 Å². The maximum atomic E-state index is 12.0. The van der Waals surface area contributed by atoms with Gasteiger partial charge in [-0.05, 0) is 33.2 Å². The molecule has 0 spiro atoms. The fourth-order valence-electron chi connectivity index (χ4n) is 1.75. The summed E-state index contributed by atoms with van der Waals surface area (Å²) in [6, 6.07) is 0. The SMILES string of the molecule is CCOCCCNC(=O)c1cnn(CCCN)c1C. The second-order valence-corrected chi connectivity index (χ2v) is 4.32. The Hall–Kier alpha value is -1.40. The lowest BCUT2D eigenvalue weighted by molar-refractivity contribution is 0.0943. The van der Waals surface area contributed by atoms with E-state index < -0.39 is 0 Å². The van der Waals surface area contributed by atoms with Crippen LogP contribution in [0.5, 0.6) is 0 Å². The zero-order chi connectivity index (χ0) is 14.1. The second-order valence-electron chi connectivity index (χ2n) is 4.32. The van der Waals surface area contributed by atoms with Gasteiger partial charge in [-0.25, -0.2) is 0 Å². The molecule has 6 nitrogen and oxygen atoms in total. The van der Waals surface area contributed by atoms with E-state index in [1.165, 1.54) is 0 Å². The Morgan fingerprint density at radius 3 is 3.00 bits per heavy atom. The van der Waals surface area contributed by atoms with Crippen molar-refractivity contribution >= 4 is 5.91 Å². The van der Waals surface area contributed by atoms with E-state index in [9.17, 15) is 4.79 Å². The van der Waals surface area contributed by atoms with Gasteiger partial charge in [-0.15, -0.1) is 0 Å². The molecule has 19 heavy (non-hydrogen) atoms. The number of nitrogens with one attached hydrogen (secondary N) is 1. The van der Waals surface area contributed by atoms with E-state index in [-0.39, 0.29) is 5.91 Å². The second kappa shape index (κ2) is 8.66. The van der Waals surface area contributed by atoms with E-state index in [4.69, 9.17) is 10.5 Å². The molecule has 1 aromatic heterocycles. The number of carbonyl (C=O) groups is 1. The average Bonchev–Trinajstić information content (AvgIpc) is 2.77. The van der Waals surface area contributed by atoms with Crippen molar-refractivity contribution < 1.29 is 9.53 Å². The molecule has 0 unspecified atom stereocenters. The fraction of sp³-hybridized carbons (Fsp3) is 0.692. The van der Waals surface area contributed by atoms with Crippen LogP contribution in [0.15, 0.2) is 6.20 Å². The minimum atomic E-state index is -0.0759. The summed E-state index contributed by atoms with van der Waals surface area (Å²) in [5.41, 5.74) is 6.98. The summed E-state index contributed by atoms with van der Waals surface area (Å²) in [7, 11) is 0. The molecule has 0 fully saturated rings. The molecule has 108 valence electrons. The topological polar surface area (TPSA) is 82.2 Å². The number of ether oxygens (including phenoxy) is 1. The van der Waals surface area contributed by atoms with Crippen molar-refractivity contribution in [2.24, 2.45) is 5.73 Å². The minimum absolute atomic E-state index is 0.0759. The molecule has 0 saturated heterocycles. The molecule has 0 saturated carbocycles. The van der Waals surface area contributed by atoms with Crippen LogP contribution in [0.1, 0.15) is 35.8 Å². The number of amides is 1. The van der Waals surface area contributed by atoms with E-state index in [1.54, 1.807) is 6.20 Å². The van der Waals surface area contributed by atoms with Gasteiger partial charge < -0.3 is 15.8 Å². The standard InChI is InChI=1S/C13H24N4O2/c1-3-19-9-5-7-15-13(18)12-10-16-17(11(12)2)8-4-6-14/h10H,3-9,14H2,1-2H3,(H,15,18). The third-order valence-electron chi connectivity index (χ3n) is 2.88. The van der Waals surface area contributed by atoms with Gasteiger partial charge in [-0.3, -0.25) is 9.48 Å². The van der Waals surface area contributed by atoms with Crippen LogP contribution in [0, 0.1) is 6.92 Å². The van der Waals surface area contributed by atoms with Crippen LogP contribution in [0.2, 0.25) is 0 Å². The van der Waals surface area contributed by atoms with E-state index in [1.807, 2.05) is 18.5 Å². The molecule has 0 aromatic carbocycles. The summed E-state index contributed by atoms with van der Waals surface area (Å²) >= 11 is 0. The van der Waals surface area contributed by atoms with E-state index in [0.29, 0.717) is 31.9 Å². The first-order valence-corrected chi connectivity index (χ1v) is 6.79. The number of carbonyl (C=O) groups excluding carboxylic acids is 1. The molecule has 0 radical (unpaired) electrons. The molecular formula is C13H24N4O2. The first-order chi connectivity index (χ1) is 9.20. The van der Waals surface area contributed by atoms with Crippen molar-refractivity contribution in [1.29, 1.82) is 0 Å². The van der Waals surface area contributed by atoms with Crippen LogP contribution in [0.25, 0.3) is 0 Å². The highest BCUT2D eigenvalue weighted by atomic mass is 16.5. The molecule has 0 aliphatic rings. The minimum Gasteiger partial charge on any atom is -0.382 e. The first-order valence-electron chi connectivity index (χ1n) is 6.79. The molecular weight excluding hydrogens is 244 g/mol. The summed E-state index contributed by atoms with van der Waals surface area (Å²) in [4.78, 5) is 12.0. The highest BCUT2D eigenvalue weighted by molar-refractivity contribution is 5.94. The third kappa shape index (κ3) is 5.00. The number of nitrogens with two attached hydrogens (primary N) is 1. The summed E-state index contributed by atoms with van der Waals surface area (Å²) in [5.74, 6) is -0.0759. The van der Waals surface area contributed by atoms with Crippen LogP contribution >= 0.6 is 0 Å². The quantitative estimate of drug-likeness (QED) is 0.646. The zero-order valence-electron chi connectivity index (χ0n) is 11.8. The number of aryl methyl sites for hydroxylation is 1. The molecule has 0 atom stereocenters. The molecule has 1 heterocycles. The molecule has 1 rings (SSSR count). The van der Waals surface area contributed by atoms with Crippen LogP contribution in [-0.2, 0) is 11.3 Å². The van der Waals surface area contributed by atoms with Crippen molar-refractivity contribution in [3.8, 4) is 0 Å². The summed E-state index contributed by atoms with van der Waals surface area (Å²) < 4.78 is 7.03. The van der Waals surface area contributed by atoms with Crippen molar-refractivity contribution in [3.63, 3.8) is 0 Å². The van der Waals surface area contributed by atoms with Gasteiger partial charge in [0.05, 0.1) is 11.8 Å². The smallest absolute Gasteiger partial charge is 0.254 e. The Morgan fingerprint density at radius 1 is 1.53 bits per heavy atom. The molecule has 3 N–H and O–H groups in total. The lowest BCUT2D eigenvalue weighted by atomic mass is 10.2. The molecule has 0 aliphatic heterocycles. The van der Waals surface area contributed by atoms with E-state index in [0.717, 1.165) is 25.1 Å². The average molecular weight is 268 g/mol. The van der Waals surface area contributed by atoms with Crippen molar-refractivity contribution in [3.05, 3.63) is 17.5 Å². The molecule has 6 heteroatoms. The number of rotatable bonds is 9. The summed E-state index contributed by atoms with van der Waals surface area (Å²) in [6.45, 7) is 7.23. The van der Waals surface area contributed by atoms with Crippen molar-refractivity contribution in [1.82, 2.24) is 15.1 Å². The van der Waals surface area contributed by atoms with Gasteiger partial charge in [0.15, 0.2) is 0 Å². The first kappa shape index (κ1) is 15.7. The largest absolute Gasteiger partial charge is 0.382 e. The highest BCUT2D eigenvalue weighted by Gasteiger charge is 2.13. The van der Waals surface area contributed by atoms with Gasteiger partial charge in [0.1, 0.15) is 0 Å². The normalized spacial score (nSPS) is 10.7. The predicted octanol–water partition coefficient (Wildman–Crippen LogP) is 0.697. The lowest BCUT2D eigenvalue weighted by Crippen LogP contribution is -2.25. The molecule has 0 aliphatic carbocycles. The van der Waals surface area contributed by atoms with Gasteiger partial charge in [0, 0.05) is 32.0 Å². The van der Waals surface area contributed by atoms with Gasteiger partial charge in [-0.2, -0.15) is 5.10 Å². The Morgan fingerprint density at radius 2 is 2.32 bits per heavy atom. The van der Waals surface area contributed by atoms with Gasteiger partial charge >= 0.3 is 0 Å². The van der Waals surface area contributed by atoms with Gasteiger partial charge in [-0.1, -0.05) is 0 Å². The summed E-state index contributed by atoms with van der Waals surface area (Å²) in [5, 5.41) is 7.08. The van der Waals surface area contributed by atoms with Gasteiger partial charge in [0.2, 0.25) is 0 Å². The number of aromatic nitrogens is 2. The number of hydrogen-bond acceptors (Lipinski definition) is 4. The Bertz CT molecular complexity index is 390. The Kier molecular flexibility index (Phi) is 7.14.